The molecule has 134 valence electrons. The molecule has 0 saturated carbocycles. The van der Waals surface area contributed by atoms with Gasteiger partial charge in [0.2, 0.25) is 0 Å². The van der Waals surface area contributed by atoms with E-state index in [-0.39, 0.29) is 0 Å². The summed E-state index contributed by atoms with van der Waals surface area (Å²) >= 11 is 6.20. The van der Waals surface area contributed by atoms with Crippen molar-refractivity contribution in [2.75, 3.05) is 20.7 Å². The number of imidazole rings is 1. The lowest BCUT2D eigenvalue weighted by molar-refractivity contribution is 0.307. The third-order valence-corrected chi connectivity index (χ3v) is 5.26. The predicted octanol–water partition coefficient (Wildman–Crippen LogP) is 4.57. The van der Waals surface area contributed by atoms with Gasteiger partial charge in [0.25, 0.3) is 0 Å². The van der Waals surface area contributed by atoms with Crippen LogP contribution in [-0.4, -0.2) is 40.6 Å². The van der Waals surface area contributed by atoms with Gasteiger partial charge in [-0.3, -0.25) is 9.88 Å². The molecule has 1 N–H and O–H groups in total. The van der Waals surface area contributed by atoms with E-state index in [0.29, 0.717) is 16.8 Å². The minimum Gasteiger partial charge on any atom is -0.495 e. The first kappa shape index (κ1) is 17.1. The monoisotopic (exact) mass is 368 g/mol. The summed E-state index contributed by atoms with van der Waals surface area (Å²) in [6, 6.07) is 10.1. The number of nitrogens with zero attached hydrogens (tertiary/aromatic N) is 3. The fourth-order valence-electron chi connectivity index (χ4n) is 3.55. The largest absolute Gasteiger partial charge is 0.495 e. The molecule has 1 saturated heterocycles. The molecule has 2 aromatic heterocycles. The molecule has 5 nitrogen and oxygen atoms in total. The lowest BCUT2D eigenvalue weighted by Gasteiger charge is -2.16. The molecule has 4 rings (SSSR count). The molecule has 0 aliphatic carbocycles. The van der Waals surface area contributed by atoms with E-state index < -0.39 is 0 Å². The number of rotatable bonds is 4. The van der Waals surface area contributed by atoms with E-state index in [1.165, 1.54) is 6.42 Å². The summed E-state index contributed by atoms with van der Waals surface area (Å²) in [5, 5.41) is 0.594. The third-order valence-electron chi connectivity index (χ3n) is 4.95. The fraction of sp³-hybridized carbons (Fsp3) is 0.300. The standard InChI is InChI=1S/C20H21ClN4O/c1-25-11-3-4-16(25)20-23-18(13-7-9-22-10-8-13)19(24-20)14-5-6-15(21)17(12-14)26-2/h5-10,12,16H,3-4,11H2,1-2H3,(H,23,24). The van der Waals surface area contributed by atoms with Crippen molar-refractivity contribution in [2.24, 2.45) is 0 Å². The van der Waals surface area contributed by atoms with E-state index in [0.717, 1.165) is 41.3 Å². The Morgan fingerprint density at radius 2 is 2.00 bits per heavy atom. The number of pyridine rings is 1. The molecule has 0 amide bonds. The SMILES string of the molecule is COc1cc(-c2[nH]c(C3CCCN3C)nc2-c2ccncc2)ccc1Cl. The van der Waals surface area contributed by atoms with Gasteiger partial charge in [0.15, 0.2) is 0 Å². The van der Waals surface area contributed by atoms with Crippen LogP contribution in [0, 0.1) is 0 Å². The number of aromatic nitrogens is 3. The number of nitrogens with one attached hydrogen (secondary N) is 1. The van der Waals surface area contributed by atoms with Crippen LogP contribution >= 0.6 is 11.6 Å². The summed E-state index contributed by atoms with van der Waals surface area (Å²) in [4.78, 5) is 15.0. The Labute approximate surface area is 158 Å². The number of methoxy groups -OCH3 is 1. The van der Waals surface area contributed by atoms with Gasteiger partial charge in [0.1, 0.15) is 11.6 Å². The number of benzene rings is 1. The van der Waals surface area contributed by atoms with Crippen LogP contribution in [0.1, 0.15) is 24.7 Å². The van der Waals surface area contributed by atoms with Crippen LogP contribution in [0.5, 0.6) is 5.75 Å². The number of likely N-dealkylation sites (tertiary alicyclic amines) is 1. The van der Waals surface area contributed by atoms with Crippen LogP contribution in [0.2, 0.25) is 5.02 Å². The number of hydrogen-bond acceptors (Lipinski definition) is 4. The minimum absolute atomic E-state index is 0.318. The van der Waals surface area contributed by atoms with Crippen LogP contribution in [0.25, 0.3) is 22.5 Å². The summed E-state index contributed by atoms with van der Waals surface area (Å²) in [5.41, 5.74) is 3.93. The molecule has 0 spiro atoms. The molecular formula is C20H21ClN4O. The van der Waals surface area contributed by atoms with Gasteiger partial charge in [0, 0.05) is 23.5 Å². The molecule has 3 aromatic rings. The number of halogens is 1. The van der Waals surface area contributed by atoms with Gasteiger partial charge >= 0.3 is 0 Å². The highest BCUT2D eigenvalue weighted by Gasteiger charge is 2.27. The molecular weight excluding hydrogens is 348 g/mol. The fourth-order valence-corrected chi connectivity index (χ4v) is 3.74. The Morgan fingerprint density at radius 3 is 2.69 bits per heavy atom. The van der Waals surface area contributed by atoms with Crippen molar-refractivity contribution in [3.8, 4) is 28.3 Å². The van der Waals surface area contributed by atoms with E-state index >= 15 is 0 Å². The highest BCUT2D eigenvalue weighted by molar-refractivity contribution is 6.32. The molecule has 6 heteroatoms. The van der Waals surface area contributed by atoms with Gasteiger partial charge in [-0.2, -0.15) is 0 Å². The summed E-state index contributed by atoms with van der Waals surface area (Å²) in [6.45, 7) is 1.10. The summed E-state index contributed by atoms with van der Waals surface area (Å²) in [6.07, 6.45) is 5.88. The van der Waals surface area contributed by atoms with Crippen molar-refractivity contribution < 1.29 is 4.74 Å². The second kappa shape index (κ2) is 7.09. The van der Waals surface area contributed by atoms with Gasteiger partial charge in [0.05, 0.1) is 29.6 Å². The first-order chi connectivity index (χ1) is 12.7. The Morgan fingerprint density at radius 1 is 1.19 bits per heavy atom. The predicted molar refractivity (Wildman–Crippen MR) is 103 cm³/mol. The van der Waals surface area contributed by atoms with Crippen molar-refractivity contribution >= 4 is 11.6 Å². The van der Waals surface area contributed by atoms with Crippen LogP contribution in [-0.2, 0) is 0 Å². The topological polar surface area (TPSA) is 54.0 Å². The Balaban J connectivity index is 1.85. The first-order valence-corrected chi connectivity index (χ1v) is 9.09. The molecule has 1 aliphatic heterocycles. The average Bonchev–Trinajstić information content (AvgIpc) is 3.29. The molecule has 1 unspecified atom stereocenters. The van der Waals surface area contributed by atoms with Crippen molar-refractivity contribution in [3.63, 3.8) is 0 Å². The van der Waals surface area contributed by atoms with E-state index in [9.17, 15) is 0 Å². The Hall–Kier alpha value is -2.37. The number of ether oxygens (including phenoxy) is 1. The van der Waals surface area contributed by atoms with Crippen LogP contribution < -0.4 is 4.74 Å². The average molecular weight is 369 g/mol. The molecule has 1 aromatic carbocycles. The number of aromatic amines is 1. The summed E-state index contributed by atoms with van der Waals surface area (Å²) in [7, 11) is 3.78. The molecule has 1 atom stereocenters. The molecule has 1 aliphatic rings. The minimum atomic E-state index is 0.318. The van der Waals surface area contributed by atoms with Crippen molar-refractivity contribution in [2.45, 2.75) is 18.9 Å². The Bertz CT molecular complexity index is 909. The highest BCUT2D eigenvalue weighted by atomic mass is 35.5. The molecule has 0 bridgehead atoms. The molecule has 0 radical (unpaired) electrons. The lowest BCUT2D eigenvalue weighted by atomic mass is 10.1. The summed E-state index contributed by atoms with van der Waals surface area (Å²) < 4.78 is 5.39. The lowest BCUT2D eigenvalue weighted by Crippen LogP contribution is -2.18. The maximum absolute atomic E-state index is 6.20. The van der Waals surface area contributed by atoms with Crippen LogP contribution in [0.15, 0.2) is 42.7 Å². The van der Waals surface area contributed by atoms with Crippen LogP contribution in [0.4, 0.5) is 0 Å². The van der Waals surface area contributed by atoms with E-state index in [2.05, 4.69) is 21.9 Å². The van der Waals surface area contributed by atoms with Gasteiger partial charge < -0.3 is 9.72 Å². The smallest absolute Gasteiger partial charge is 0.138 e. The zero-order valence-electron chi connectivity index (χ0n) is 14.9. The number of H-pyrrole nitrogens is 1. The van der Waals surface area contributed by atoms with E-state index in [1.807, 2.05) is 30.3 Å². The third kappa shape index (κ3) is 3.08. The second-order valence-corrected chi connectivity index (χ2v) is 6.98. The second-order valence-electron chi connectivity index (χ2n) is 6.57. The van der Waals surface area contributed by atoms with Gasteiger partial charge in [-0.15, -0.1) is 0 Å². The highest BCUT2D eigenvalue weighted by Crippen LogP contribution is 2.37. The maximum Gasteiger partial charge on any atom is 0.138 e. The van der Waals surface area contributed by atoms with Gasteiger partial charge in [-0.1, -0.05) is 17.7 Å². The van der Waals surface area contributed by atoms with E-state index in [4.69, 9.17) is 21.3 Å². The normalized spacial score (nSPS) is 17.6. The van der Waals surface area contributed by atoms with Gasteiger partial charge in [-0.25, -0.2) is 4.98 Å². The Kier molecular flexibility index (Phi) is 4.66. The summed E-state index contributed by atoms with van der Waals surface area (Å²) in [5.74, 6) is 1.65. The zero-order chi connectivity index (χ0) is 18.1. The quantitative estimate of drug-likeness (QED) is 0.733. The zero-order valence-corrected chi connectivity index (χ0v) is 15.6. The van der Waals surface area contributed by atoms with Gasteiger partial charge in [-0.05, 0) is 50.7 Å². The molecule has 1 fully saturated rings. The maximum atomic E-state index is 6.20. The van der Waals surface area contributed by atoms with E-state index in [1.54, 1.807) is 19.5 Å². The van der Waals surface area contributed by atoms with Crippen molar-refractivity contribution in [3.05, 3.63) is 53.6 Å². The molecule has 26 heavy (non-hydrogen) atoms. The van der Waals surface area contributed by atoms with Crippen LogP contribution in [0.3, 0.4) is 0 Å². The molecule has 3 heterocycles. The van der Waals surface area contributed by atoms with Crippen molar-refractivity contribution in [1.29, 1.82) is 0 Å². The first-order valence-electron chi connectivity index (χ1n) is 8.72. The number of hydrogen-bond donors (Lipinski definition) is 1. The van der Waals surface area contributed by atoms with Crippen molar-refractivity contribution in [1.82, 2.24) is 19.9 Å².